The molecule has 7 nitrogen and oxygen atoms in total. The van der Waals surface area contributed by atoms with Crippen molar-refractivity contribution in [2.24, 2.45) is 12.5 Å². The van der Waals surface area contributed by atoms with Gasteiger partial charge >= 0.3 is 5.97 Å². The van der Waals surface area contributed by atoms with Crippen LogP contribution < -0.4 is 5.32 Å². The van der Waals surface area contributed by atoms with E-state index >= 15 is 0 Å². The number of fused-ring (bicyclic) bond motifs is 1. The molecular weight excluding hydrogens is 284 g/mol. The largest absolute Gasteiger partial charge is 0.481 e. The molecule has 0 saturated carbocycles. The zero-order chi connectivity index (χ0) is 16.3. The Morgan fingerprint density at radius 1 is 1.32 bits per heavy atom. The monoisotopic (exact) mass is 304 g/mol. The Morgan fingerprint density at radius 3 is 2.59 bits per heavy atom. The van der Waals surface area contributed by atoms with Crippen molar-refractivity contribution in [3.05, 3.63) is 23.8 Å². The molecule has 0 fully saturated rings. The molecular formula is C15H20N4O3. The lowest BCUT2D eigenvalue weighted by Gasteiger charge is -2.26. The summed E-state index contributed by atoms with van der Waals surface area (Å²) in [6.07, 6.45) is 0.921. The molecule has 2 N–H and O–H groups in total. The van der Waals surface area contributed by atoms with Gasteiger partial charge in [0.05, 0.1) is 10.9 Å². The van der Waals surface area contributed by atoms with E-state index in [1.807, 2.05) is 13.8 Å². The second-order valence-electron chi connectivity index (χ2n) is 5.39. The lowest BCUT2D eigenvalue weighted by Crippen LogP contribution is -2.42. The van der Waals surface area contributed by atoms with E-state index in [1.165, 1.54) is 0 Å². The van der Waals surface area contributed by atoms with Gasteiger partial charge < -0.3 is 10.4 Å². The summed E-state index contributed by atoms with van der Waals surface area (Å²) in [5.74, 6) is -1.19. The minimum Gasteiger partial charge on any atom is -0.481 e. The number of carboxylic acids is 1. The number of amides is 1. The van der Waals surface area contributed by atoms with Crippen molar-refractivity contribution in [2.45, 2.75) is 26.7 Å². The molecule has 0 unspecified atom stereocenters. The highest BCUT2D eigenvalue weighted by atomic mass is 16.4. The van der Waals surface area contributed by atoms with Gasteiger partial charge in [0, 0.05) is 19.2 Å². The van der Waals surface area contributed by atoms with Crippen molar-refractivity contribution in [1.29, 1.82) is 0 Å². The van der Waals surface area contributed by atoms with Gasteiger partial charge in [-0.25, -0.2) is 4.68 Å². The zero-order valence-electron chi connectivity index (χ0n) is 13.0. The third kappa shape index (κ3) is 2.79. The molecule has 1 heterocycles. The molecule has 0 saturated heterocycles. The summed E-state index contributed by atoms with van der Waals surface area (Å²) in [4.78, 5) is 23.7. The summed E-state index contributed by atoms with van der Waals surface area (Å²) in [6, 6.07) is 5.10. The van der Waals surface area contributed by atoms with E-state index in [2.05, 4.69) is 15.6 Å². The van der Waals surface area contributed by atoms with Gasteiger partial charge in [0.1, 0.15) is 5.52 Å². The number of carboxylic acid groups (broad SMARTS) is 1. The van der Waals surface area contributed by atoms with Crippen LogP contribution in [-0.2, 0) is 11.8 Å². The van der Waals surface area contributed by atoms with Crippen molar-refractivity contribution >= 4 is 22.9 Å². The SMILES string of the molecule is CCC(CC)(CNC(=O)c1ccc2c(c1)nnn2C)C(=O)O. The van der Waals surface area contributed by atoms with Gasteiger partial charge in [0.2, 0.25) is 0 Å². The second-order valence-corrected chi connectivity index (χ2v) is 5.39. The molecule has 0 bridgehead atoms. The minimum atomic E-state index is -0.924. The molecule has 0 aliphatic heterocycles. The quantitative estimate of drug-likeness (QED) is 0.844. The minimum absolute atomic E-state index is 0.104. The molecule has 0 spiro atoms. The van der Waals surface area contributed by atoms with Gasteiger partial charge in [-0.2, -0.15) is 0 Å². The number of aryl methyl sites for hydroxylation is 1. The average Bonchev–Trinajstić information content (AvgIpc) is 2.89. The topological polar surface area (TPSA) is 97.1 Å². The molecule has 22 heavy (non-hydrogen) atoms. The van der Waals surface area contributed by atoms with Gasteiger partial charge in [-0.1, -0.05) is 19.1 Å². The number of carbonyl (C=O) groups excluding carboxylic acids is 1. The number of nitrogens with one attached hydrogen (secondary N) is 1. The number of hydrogen-bond acceptors (Lipinski definition) is 4. The lowest BCUT2D eigenvalue weighted by atomic mass is 9.82. The molecule has 0 aliphatic carbocycles. The number of aromatic nitrogens is 3. The molecule has 1 aromatic carbocycles. The first-order valence-electron chi connectivity index (χ1n) is 7.24. The maximum Gasteiger partial charge on any atom is 0.311 e. The smallest absolute Gasteiger partial charge is 0.311 e. The number of carbonyl (C=O) groups is 2. The first kappa shape index (κ1) is 15.9. The summed E-state index contributed by atoms with van der Waals surface area (Å²) in [6.45, 7) is 3.73. The van der Waals surface area contributed by atoms with Crippen LogP contribution in [0.5, 0.6) is 0 Å². The van der Waals surface area contributed by atoms with Gasteiger partial charge in [-0.15, -0.1) is 5.10 Å². The van der Waals surface area contributed by atoms with Crippen LogP contribution in [0, 0.1) is 5.41 Å². The Morgan fingerprint density at radius 2 is 2.00 bits per heavy atom. The van der Waals surface area contributed by atoms with E-state index < -0.39 is 11.4 Å². The Bertz CT molecular complexity index is 704. The van der Waals surface area contributed by atoms with Gasteiger partial charge in [0.25, 0.3) is 5.91 Å². The Kier molecular flexibility index (Phi) is 4.44. The molecule has 118 valence electrons. The van der Waals surface area contributed by atoms with E-state index in [0.29, 0.717) is 23.9 Å². The van der Waals surface area contributed by atoms with Crippen LogP contribution in [0.25, 0.3) is 11.0 Å². The second kappa shape index (κ2) is 6.13. The zero-order valence-corrected chi connectivity index (χ0v) is 13.0. The highest BCUT2D eigenvalue weighted by Gasteiger charge is 2.35. The number of nitrogens with zero attached hydrogens (tertiary/aromatic N) is 3. The molecule has 1 amide bonds. The summed E-state index contributed by atoms with van der Waals surface area (Å²) < 4.78 is 1.63. The number of benzene rings is 1. The Balaban J connectivity index is 2.15. The highest BCUT2D eigenvalue weighted by molar-refractivity contribution is 5.97. The molecule has 2 rings (SSSR count). The number of rotatable bonds is 6. The highest BCUT2D eigenvalue weighted by Crippen LogP contribution is 2.25. The first-order chi connectivity index (χ1) is 10.4. The normalized spacial score (nSPS) is 11.6. The van der Waals surface area contributed by atoms with E-state index in [0.717, 1.165) is 5.52 Å². The third-order valence-corrected chi connectivity index (χ3v) is 4.27. The lowest BCUT2D eigenvalue weighted by molar-refractivity contribution is -0.149. The van der Waals surface area contributed by atoms with Crippen molar-refractivity contribution < 1.29 is 14.7 Å². The van der Waals surface area contributed by atoms with Gasteiger partial charge in [-0.05, 0) is 31.0 Å². The number of aliphatic carboxylic acids is 1. The molecule has 7 heteroatoms. The van der Waals surface area contributed by atoms with Gasteiger partial charge in [0.15, 0.2) is 0 Å². The standard InChI is InChI=1S/C15H20N4O3/c1-4-15(5-2,14(21)22)9-16-13(20)10-6-7-12-11(8-10)17-18-19(12)3/h6-8H,4-5,9H2,1-3H3,(H,16,20)(H,21,22). The third-order valence-electron chi connectivity index (χ3n) is 4.27. The summed E-state index contributed by atoms with van der Waals surface area (Å²) >= 11 is 0. The van der Waals surface area contributed by atoms with Crippen LogP contribution in [0.4, 0.5) is 0 Å². The Hall–Kier alpha value is -2.44. The van der Waals surface area contributed by atoms with Crippen molar-refractivity contribution in [3.8, 4) is 0 Å². The van der Waals surface area contributed by atoms with E-state index in [9.17, 15) is 14.7 Å². The van der Waals surface area contributed by atoms with Crippen LogP contribution in [0.2, 0.25) is 0 Å². The predicted octanol–water partition coefficient (Wildman–Crippen LogP) is 1.59. The molecule has 0 radical (unpaired) electrons. The predicted molar refractivity (Wildman–Crippen MR) is 81.5 cm³/mol. The van der Waals surface area contributed by atoms with E-state index in [4.69, 9.17) is 0 Å². The van der Waals surface area contributed by atoms with Crippen LogP contribution in [0.15, 0.2) is 18.2 Å². The maximum absolute atomic E-state index is 12.2. The van der Waals surface area contributed by atoms with Crippen molar-refractivity contribution in [3.63, 3.8) is 0 Å². The molecule has 0 atom stereocenters. The van der Waals surface area contributed by atoms with Crippen LogP contribution >= 0.6 is 0 Å². The van der Waals surface area contributed by atoms with Crippen LogP contribution in [0.1, 0.15) is 37.0 Å². The summed E-state index contributed by atoms with van der Waals surface area (Å²) in [5.41, 5.74) is 0.982. The first-order valence-corrected chi connectivity index (χ1v) is 7.24. The Labute approximate surface area is 128 Å². The van der Waals surface area contributed by atoms with Gasteiger partial charge in [-0.3, -0.25) is 9.59 Å². The fourth-order valence-electron chi connectivity index (χ4n) is 2.41. The summed E-state index contributed by atoms with van der Waals surface area (Å²) in [5, 5.41) is 20.0. The molecule has 2 aromatic rings. The fraction of sp³-hybridized carbons (Fsp3) is 0.467. The van der Waals surface area contributed by atoms with Crippen LogP contribution in [0.3, 0.4) is 0 Å². The number of hydrogen-bond donors (Lipinski definition) is 2. The van der Waals surface area contributed by atoms with E-state index in [1.54, 1.807) is 29.9 Å². The summed E-state index contributed by atoms with van der Waals surface area (Å²) in [7, 11) is 1.78. The maximum atomic E-state index is 12.2. The van der Waals surface area contributed by atoms with Crippen molar-refractivity contribution in [1.82, 2.24) is 20.3 Å². The van der Waals surface area contributed by atoms with Crippen molar-refractivity contribution in [2.75, 3.05) is 6.54 Å². The van der Waals surface area contributed by atoms with Crippen LogP contribution in [-0.4, -0.2) is 38.5 Å². The van der Waals surface area contributed by atoms with E-state index in [-0.39, 0.29) is 12.5 Å². The molecule has 1 aromatic heterocycles. The average molecular weight is 304 g/mol. The molecule has 0 aliphatic rings. The fourth-order valence-corrected chi connectivity index (χ4v) is 2.41.